The van der Waals surface area contributed by atoms with Gasteiger partial charge in [-0.3, -0.25) is 9.69 Å². The third-order valence-corrected chi connectivity index (χ3v) is 11.8. The minimum absolute atomic E-state index is 0.0560. The summed E-state index contributed by atoms with van der Waals surface area (Å²) in [5.41, 5.74) is 5.94. The fraction of sp³-hybridized carbons (Fsp3) is 0.300. The molecule has 9 rings (SSSR count). The number of nitrogens with zero attached hydrogens (tertiary/aromatic N) is 1. The molecule has 1 aromatic heterocycles. The van der Waals surface area contributed by atoms with Crippen LogP contribution in [0.1, 0.15) is 62.2 Å². The zero-order chi connectivity index (χ0) is 43.7. The van der Waals surface area contributed by atoms with E-state index in [0.717, 1.165) is 48.3 Å². The number of phenolic OH excluding ortho intramolecular Hbond substituents is 1. The van der Waals surface area contributed by atoms with Gasteiger partial charge in [-0.2, -0.15) is 0 Å². The van der Waals surface area contributed by atoms with E-state index in [0.29, 0.717) is 65.1 Å². The second-order valence-corrected chi connectivity index (χ2v) is 16.2. The number of aliphatic hydroxyl groups is 1. The monoisotopic (exact) mass is 852 g/mol. The molecule has 6 aromatic rings. The highest BCUT2D eigenvalue weighted by Gasteiger charge is 2.43. The van der Waals surface area contributed by atoms with E-state index in [2.05, 4.69) is 44.8 Å². The minimum atomic E-state index is -0.864. The van der Waals surface area contributed by atoms with Gasteiger partial charge < -0.3 is 44.8 Å². The average molecular weight is 853 g/mol. The molecule has 0 aliphatic carbocycles. The first-order valence-corrected chi connectivity index (χ1v) is 21.3. The molecule has 5 N–H and O–H groups in total. The van der Waals surface area contributed by atoms with Crippen molar-refractivity contribution in [1.29, 1.82) is 0 Å². The van der Waals surface area contributed by atoms with Crippen molar-refractivity contribution in [3.05, 3.63) is 171 Å². The Labute approximate surface area is 365 Å². The molecule has 4 heterocycles. The lowest BCUT2D eigenvalue weighted by molar-refractivity contribution is -0.0459. The first-order chi connectivity index (χ1) is 30.7. The summed E-state index contributed by atoms with van der Waals surface area (Å²) in [4.78, 5) is 42.4. The fourth-order valence-corrected chi connectivity index (χ4v) is 8.58. The van der Waals surface area contributed by atoms with Crippen LogP contribution >= 0.6 is 0 Å². The normalized spacial score (nSPS) is 18.4. The number of ether oxygens (including phenoxy) is 4. The number of fused-ring (bicyclic) bond motifs is 4. The zero-order valence-electron chi connectivity index (χ0n) is 35.1. The summed E-state index contributed by atoms with van der Waals surface area (Å²) in [6.07, 6.45) is -0.400. The number of hydrogen-bond acceptors (Lipinski definition) is 11. The fourth-order valence-electron chi connectivity index (χ4n) is 8.58. The number of rotatable bonds is 17. The van der Waals surface area contributed by atoms with Crippen molar-refractivity contribution in [3.63, 3.8) is 0 Å². The lowest BCUT2D eigenvalue weighted by atomic mass is 9.74. The summed E-state index contributed by atoms with van der Waals surface area (Å²) in [5.74, 6) is 1.49. The number of alkyl carbamates (subject to hydrolysis) is 1. The molecule has 63 heavy (non-hydrogen) atoms. The van der Waals surface area contributed by atoms with Gasteiger partial charge in [0.1, 0.15) is 43.2 Å². The van der Waals surface area contributed by atoms with Gasteiger partial charge in [-0.15, -0.1) is 0 Å². The van der Waals surface area contributed by atoms with Crippen LogP contribution in [-0.2, 0) is 29.2 Å². The van der Waals surface area contributed by atoms with Crippen molar-refractivity contribution in [2.75, 3.05) is 39.4 Å². The third kappa shape index (κ3) is 10.9. The lowest BCUT2D eigenvalue weighted by Crippen LogP contribution is -2.56. The number of nitrogens with one attached hydrogen (secondary N) is 3. The van der Waals surface area contributed by atoms with Gasteiger partial charge in [0.25, 0.3) is 0 Å². The Morgan fingerprint density at radius 1 is 0.841 bits per heavy atom. The predicted molar refractivity (Wildman–Crippen MR) is 238 cm³/mol. The number of amides is 1. The summed E-state index contributed by atoms with van der Waals surface area (Å²) in [6.45, 7) is 6.35. The molecule has 1 amide bonds. The second-order valence-electron chi connectivity index (χ2n) is 16.2. The number of aromatic amines is 1. The molecular formula is C50H52N4O9. The van der Waals surface area contributed by atoms with E-state index in [-0.39, 0.29) is 37.2 Å². The highest BCUT2D eigenvalue weighted by atomic mass is 16.6. The maximum atomic E-state index is 12.9. The lowest BCUT2D eigenvalue weighted by Gasteiger charge is -2.49. The smallest absolute Gasteiger partial charge is 0.407 e. The molecule has 326 valence electrons. The molecule has 3 saturated heterocycles. The molecule has 13 nitrogen and oxygen atoms in total. The number of benzene rings is 5. The van der Waals surface area contributed by atoms with E-state index in [1.807, 2.05) is 67.6 Å². The number of pyridine rings is 1. The van der Waals surface area contributed by atoms with Crippen molar-refractivity contribution in [2.45, 2.75) is 51.2 Å². The van der Waals surface area contributed by atoms with Crippen LogP contribution in [0.15, 0.2) is 126 Å². The molecule has 0 saturated carbocycles. The van der Waals surface area contributed by atoms with Crippen LogP contribution in [0.25, 0.3) is 10.9 Å². The Hall–Kier alpha value is -6.67. The van der Waals surface area contributed by atoms with Gasteiger partial charge in [0, 0.05) is 56.0 Å². The first-order valence-electron chi connectivity index (χ1n) is 21.3. The van der Waals surface area contributed by atoms with Crippen LogP contribution in [0.5, 0.6) is 17.2 Å². The van der Waals surface area contributed by atoms with Gasteiger partial charge in [0.05, 0.1) is 17.2 Å². The minimum Gasteiger partial charge on any atom is -0.506 e. The van der Waals surface area contributed by atoms with E-state index in [1.54, 1.807) is 24.3 Å². The number of aliphatic hydroxyl groups excluding tert-OH is 1. The van der Waals surface area contributed by atoms with Crippen LogP contribution in [0, 0.1) is 12.8 Å². The number of aromatic nitrogens is 1. The number of carbonyl (C=O) groups is 2. The Kier molecular flexibility index (Phi) is 13.7. The maximum absolute atomic E-state index is 12.9. The molecule has 3 aliphatic heterocycles. The number of aromatic hydroxyl groups is 1. The third-order valence-electron chi connectivity index (χ3n) is 11.8. The Morgan fingerprint density at radius 3 is 2.46 bits per heavy atom. The molecule has 0 spiro atoms. The standard InChI is InChI=1S/C50H52N4O9/c1-32-24-35(26-51-28-44(56)39-15-17-43(55)48-41(39)16-19-47(57)53-48)12-18-45(32)60-22-23-61-49(58)37-13-10-33(11-14-37)31-62-38-9-5-6-34(25-38)27-52-50(59)63-46-30-54-21-20-40(46)42(29-54)36-7-3-2-4-8-36/h2-19,24-25,40,42,44,46,51,55-56H,20-23,26-31H2,1H3,(H,52,59)(H,53,57)/t40?,42?,44-,46-/m0/s1. The van der Waals surface area contributed by atoms with Crippen LogP contribution in [-0.4, -0.2) is 77.7 Å². The van der Waals surface area contributed by atoms with E-state index in [4.69, 9.17) is 18.9 Å². The number of piperidine rings is 3. The average Bonchev–Trinajstić information content (AvgIpc) is 3.30. The summed E-state index contributed by atoms with van der Waals surface area (Å²) in [6, 6.07) is 37.0. The van der Waals surface area contributed by atoms with Crippen molar-refractivity contribution in [2.24, 2.45) is 5.92 Å². The van der Waals surface area contributed by atoms with E-state index in [1.165, 1.54) is 17.7 Å². The molecule has 0 radical (unpaired) electrons. The predicted octanol–water partition coefficient (Wildman–Crippen LogP) is 6.89. The van der Waals surface area contributed by atoms with Crippen LogP contribution in [0.3, 0.4) is 0 Å². The van der Waals surface area contributed by atoms with Gasteiger partial charge >= 0.3 is 12.1 Å². The van der Waals surface area contributed by atoms with Crippen molar-refractivity contribution >= 4 is 23.0 Å². The molecule has 5 aromatic carbocycles. The Bertz CT molecular complexity index is 2580. The number of aryl methyl sites for hydroxylation is 1. The summed E-state index contributed by atoms with van der Waals surface area (Å²) < 4.78 is 23.4. The first kappa shape index (κ1) is 43.0. The second kappa shape index (κ2) is 20.0. The van der Waals surface area contributed by atoms with Gasteiger partial charge in [-0.05, 0) is 95.7 Å². The van der Waals surface area contributed by atoms with Crippen molar-refractivity contribution < 1.29 is 38.7 Å². The van der Waals surface area contributed by atoms with E-state index >= 15 is 0 Å². The molecule has 2 bridgehead atoms. The Balaban J connectivity index is 0.726. The number of esters is 1. The van der Waals surface area contributed by atoms with Gasteiger partial charge in [0.2, 0.25) is 5.56 Å². The largest absolute Gasteiger partial charge is 0.506 e. The van der Waals surface area contributed by atoms with E-state index in [9.17, 15) is 24.6 Å². The van der Waals surface area contributed by atoms with Crippen LogP contribution < -0.4 is 25.7 Å². The van der Waals surface area contributed by atoms with Gasteiger partial charge in [-0.25, -0.2) is 9.59 Å². The highest BCUT2D eigenvalue weighted by molar-refractivity contribution is 5.89. The number of carbonyl (C=O) groups excluding carboxylic acids is 2. The SMILES string of the molecule is Cc1cc(CNC[C@H](O)c2ccc(O)c3[nH]c(=O)ccc23)ccc1OCCOC(=O)c1ccc(COc2cccc(CNC(=O)O[C@H]3CN4CCC3C(c3ccccc3)C4)c2)cc1. The van der Waals surface area contributed by atoms with Gasteiger partial charge in [-0.1, -0.05) is 72.8 Å². The van der Waals surface area contributed by atoms with Crippen LogP contribution in [0.4, 0.5) is 4.79 Å². The molecule has 3 aliphatic rings. The molecule has 13 heteroatoms. The number of H-pyrrole nitrogens is 1. The number of hydrogen-bond donors (Lipinski definition) is 5. The van der Waals surface area contributed by atoms with Crippen LogP contribution in [0.2, 0.25) is 0 Å². The number of phenols is 1. The summed E-state index contributed by atoms with van der Waals surface area (Å²) in [7, 11) is 0. The maximum Gasteiger partial charge on any atom is 0.407 e. The zero-order valence-corrected chi connectivity index (χ0v) is 35.1. The highest BCUT2D eigenvalue weighted by Crippen LogP contribution is 2.40. The van der Waals surface area contributed by atoms with Gasteiger partial charge in [0.15, 0.2) is 0 Å². The topological polar surface area (TPSA) is 172 Å². The molecule has 3 fully saturated rings. The van der Waals surface area contributed by atoms with Crippen molar-refractivity contribution in [1.82, 2.24) is 20.5 Å². The van der Waals surface area contributed by atoms with Crippen molar-refractivity contribution in [3.8, 4) is 17.2 Å². The molecule has 5 atom stereocenters. The molecular weight excluding hydrogens is 801 g/mol. The molecule has 3 unspecified atom stereocenters. The quantitative estimate of drug-likeness (QED) is 0.0478. The Morgan fingerprint density at radius 2 is 1.65 bits per heavy atom. The van der Waals surface area contributed by atoms with E-state index < -0.39 is 18.2 Å². The summed E-state index contributed by atoms with van der Waals surface area (Å²) in [5, 5.41) is 27.7. The summed E-state index contributed by atoms with van der Waals surface area (Å²) >= 11 is 0.